The monoisotopic (exact) mass is 304 g/mol. The number of hydrogen-bond acceptors (Lipinski definition) is 3. The lowest BCUT2D eigenvalue weighted by Gasteiger charge is -2.28. The van der Waals surface area contributed by atoms with Crippen LogP contribution in [0.5, 0.6) is 5.88 Å². The van der Waals surface area contributed by atoms with Crippen molar-refractivity contribution < 1.29 is 4.74 Å². The van der Waals surface area contributed by atoms with E-state index in [0.717, 1.165) is 17.3 Å². The number of nitrogens with two attached hydrogens (primary N) is 1. The van der Waals surface area contributed by atoms with Crippen LogP contribution < -0.4 is 10.5 Å². The normalized spacial score (nSPS) is 25.4. The fourth-order valence-corrected chi connectivity index (χ4v) is 2.64. The Morgan fingerprint density at radius 1 is 1.44 bits per heavy atom. The van der Waals surface area contributed by atoms with Crippen molar-refractivity contribution in [3.8, 4) is 5.88 Å². The van der Waals surface area contributed by atoms with Crippen molar-refractivity contribution in [2.45, 2.75) is 37.8 Å². The average molecular weight is 306 g/mol. The van der Waals surface area contributed by atoms with Crippen molar-refractivity contribution in [1.29, 1.82) is 0 Å². The maximum atomic E-state index is 6.01. The minimum absolute atomic E-state index is 0.0683. The van der Waals surface area contributed by atoms with Crippen LogP contribution in [0, 0.1) is 0 Å². The summed E-state index contributed by atoms with van der Waals surface area (Å²) in [6.45, 7) is 0. The summed E-state index contributed by atoms with van der Waals surface area (Å²) in [7, 11) is 0. The van der Waals surface area contributed by atoms with Crippen LogP contribution in [0.2, 0.25) is 5.02 Å². The van der Waals surface area contributed by atoms with E-state index in [-0.39, 0.29) is 12.1 Å². The van der Waals surface area contributed by atoms with Gasteiger partial charge < -0.3 is 10.5 Å². The van der Waals surface area contributed by atoms with Crippen LogP contribution in [-0.4, -0.2) is 17.1 Å². The molecule has 0 radical (unpaired) electrons. The van der Waals surface area contributed by atoms with Crippen molar-refractivity contribution in [3.05, 3.63) is 21.8 Å². The molecule has 1 saturated carbocycles. The first-order valence-electron chi connectivity index (χ1n) is 5.40. The molecule has 2 unspecified atom stereocenters. The van der Waals surface area contributed by atoms with Crippen molar-refractivity contribution in [3.63, 3.8) is 0 Å². The van der Waals surface area contributed by atoms with Crippen molar-refractivity contribution >= 4 is 27.5 Å². The van der Waals surface area contributed by atoms with Gasteiger partial charge >= 0.3 is 0 Å². The number of nitrogens with zero attached hydrogens (tertiary/aromatic N) is 1. The number of ether oxygens (including phenoxy) is 1. The molecule has 0 amide bonds. The van der Waals surface area contributed by atoms with Gasteiger partial charge in [0.1, 0.15) is 6.10 Å². The Morgan fingerprint density at radius 2 is 2.19 bits per heavy atom. The molecule has 0 aromatic carbocycles. The van der Waals surface area contributed by atoms with Gasteiger partial charge in [0, 0.05) is 12.2 Å². The molecule has 0 spiro atoms. The highest BCUT2D eigenvalue weighted by Gasteiger charge is 2.24. The molecule has 1 aliphatic carbocycles. The van der Waals surface area contributed by atoms with E-state index < -0.39 is 0 Å². The zero-order valence-corrected chi connectivity index (χ0v) is 11.2. The summed E-state index contributed by atoms with van der Waals surface area (Å²) in [5.41, 5.74) is 6.01. The van der Waals surface area contributed by atoms with E-state index in [4.69, 9.17) is 22.1 Å². The minimum Gasteiger partial charge on any atom is -0.472 e. The number of pyridine rings is 1. The molecule has 16 heavy (non-hydrogen) atoms. The maximum absolute atomic E-state index is 6.01. The second kappa shape index (κ2) is 5.34. The highest BCUT2D eigenvalue weighted by atomic mass is 79.9. The van der Waals surface area contributed by atoms with Crippen LogP contribution in [0.15, 0.2) is 16.7 Å². The van der Waals surface area contributed by atoms with E-state index in [1.807, 2.05) is 0 Å². The highest BCUT2D eigenvalue weighted by Crippen LogP contribution is 2.28. The molecule has 0 bridgehead atoms. The molecule has 88 valence electrons. The molecule has 1 aliphatic rings. The molecule has 5 heteroatoms. The van der Waals surface area contributed by atoms with Gasteiger partial charge in [-0.05, 0) is 41.3 Å². The quantitative estimate of drug-likeness (QED) is 0.913. The summed E-state index contributed by atoms with van der Waals surface area (Å²) in [5.74, 6) is 0.576. The predicted molar refractivity (Wildman–Crippen MR) is 67.8 cm³/mol. The fraction of sp³-hybridized carbons (Fsp3) is 0.545. The first kappa shape index (κ1) is 12.1. The standard InChI is InChI=1S/C11H14BrClN2O/c12-8-5-7(13)6-15-11(8)16-10-4-2-1-3-9(10)14/h5-6,9-10H,1-4,14H2. The van der Waals surface area contributed by atoms with E-state index in [1.54, 1.807) is 12.3 Å². The van der Waals surface area contributed by atoms with Crippen LogP contribution in [0.1, 0.15) is 25.7 Å². The maximum Gasteiger partial charge on any atom is 0.228 e. The van der Waals surface area contributed by atoms with Crippen LogP contribution in [0.3, 0.4) is 0 Å². The number of rotatable bonds is 2. The lowest BCUT2D eigenvalue weighted by Crippen LogP contribution is -2.41. The second-order valence-corrected chi connectivity index (χ2v) is 5.34. The van der Waals surface area contributed by atoms with Gasteiger partial charge in [0.05, 0.1) is 9.50 Å². The fourth-order valence-electron chi connectivity index (χ4n) is 1.90. The summed E-state index contributed by atoms with van der Waals surface area (Å²) in [6.07, 6.45) is 6.03. The Bertz CT molecular complexity index is 375. The smallest absolute Gasteiger partial charge is 0.228 e. The van der Waals surface area contributed by atoms with Gasteiger partial charge in [-0.3, -0.25) is 0 Å². The third-order valence-corrected chi connectivity index (χ3v) is 3.57. The molecule has 2 atom stereocenters. The zero-order valence-electron chi connectivity index (χ0n) is 8.83. The first-order chi connectivity index (χ1) is 7.66. The summed E-state index contributed by atoms with van der Waals surface area (Å²) in [6, 6.07) is 1.89. The molecule has 3 nitrogen and oxygen atoms in total. The minimum atomic E-state index is 0.0683. The van der Waals surface area contributed by atoms with Gasteiger partial charge in [-0.25, -0.2) is 4.98 Å². The van der Waals surface area contributed by atoms with Gasteiger partial charge in [-0.2, -0.15) is 0 Å². The van der Waals surface area contributed by atoms with E-state index in [0.29, 0.717) is 10.9 Å². The summed E-state index contributed by atoms with van der Waals surface area (Å²) in [5, 5.41) is 0.590. The third kappa shape index (κ3) is 2.87. The van der Waals surface area contributed by atoms with Crippen LogP contribution >= 0.6 is 27.5 Å². The Labute approximate surface area is 108 Å². The van der Waals surface area contributed by atoms with Gasteiger partial charge in [-0.15, -0.1) is 0 Å². The average Bonchev–Trinajstić information content (AvgIpc) is 2.25. The zero-order chi connectivity index (χ0) is 11.5. The van der Waals surface area contributed by atoms with Crippen LogP contribution in [0.25, 0.3) is 0 Å². The largest absolute Gasteiger partial charge is 0.472 e. The molecule has 2 N–H and O–H groups in total. The molecule has 1 aromatic heterocycles. The highest BCUT2D eigenvalue weighted by molar-refractivity contribution is 9.10. The van der Waals surface area contributed by atoms with Crippen molar-refractivity contribution in [2.24, 2.45) is 5.73 Å². The van der Waals surface area contributed by atoms with Gasteiger partial charge in [-0.1, -0.05) is 18.0 Å². The van der Waals surface area contributed by atoms with E-state index in [2.05, 4.69) is 20.9 Å². The van der Waals surface area contributed by atoms with Crippen LogP contribution in [-0.2, 0) is 0 Å². The second-order valence-electron chi connectivity index (χ2n) is 4.05. The van der Waals surface area contributed by atoms with Crippen LogP contribution in [0.4, 0.5) is 0 Å². The first-order valence-corrected chi connectivity index (χ1v) is 6.57. The lowest BCUT2D eigenvalue weighted by molar-refractivity contribution is 0.126. The third-order valence-electron chi connectivity index (χ3n) is 2.79. The SMILES string of the molecule is NC1CCCCC1Oc1ncc(Cl)cc1Br. The van der Waals surface area contributed by atoms with E-state index in [9.17, 15) is 0 Å². The van der Waals surface area contributed by atoms with Gasteiger partial charge in [0.2, 0.25) is 5.88 Å². The molecule has 0 aliphatic heterocycles. The topological polar surface area (TPSA) is 48.1 Å². The number of halogens is 2. The number of aromatic nitrogens is 1. The van der Waals surface area contributed by atoms with E-state index >= 15 is 0 Å². The molecule has 1 heterocycles. The summed E-state index contributed by atoms with van der Waals surface area (Å²) >= 11 is 9.20. The molecular weight excluding hydrogens is 291 g/mol. The Morgan fingerprint density at radius 3 is 2.88 bits per heavy atom. The summed E-state index contributed by atoms with van der Waals surface area (Å²) in [4.78, 5) is 4.15. The van der Waals surface area contributed by atoms with Gasteiger partial charge in [0.25, 0.3) is 0 Å². The molecule has 0 saturated heterocycles. The Hall–Kier alpha value is -0.320. The molecule has 1 fully saturated rings. The molecule has 2 rings (SSSR count). The van der Waals surface area contributed by atoms with Crippen molar-refractivity contribution in [2.75, 3.05) is 0 Å². The predicted octanol–water partition coefficient (Wildman–Crippen LogP) is 3.15. The number of hydrogen-bond donors (Lipinski definition) is 1. The van der Waals surface area contributed by atoms with E-state index in [1.165, 1.54) is 12.8 Å². The van der Waals surface area contributed by atoms with Crippen molar-refractivity contribution in [1.82, 2.24) is 4.98 Å². The van der Waals surface area contributed by atoms with Gasteiger partial charge in [0.15, 0.2) is 0 Å². The lowest BCUT2D eigenvalue weighted by atomic mass is 9.93. The summed E-state index contributed by atoms with van der Waals surface area (Å²) < 4.78 is 6.59. The Balaban J connectivity index is 2.07. The molecule has 1 aromatic rings. The molecular formula is C11H14BrClN2O. The Kier molecular flexibility index (Phi) is 4.05.